The van der Waals surface area contributed by atoms with Crippen LogP contribution in [0.5, 0.6) is 5.75 Å². The highest BCUT2D eigenvalue weighted by Gasteiger charge is 2.31. The number of benzene rings is 1. The molecule has 0 saturated carbocycles. The Bertz CT molecular complexity index is 737. The van der Waals surface area contributed by atoms with Crippen LogP contribution in [-0.4, -0.2) is 30.9 Å². The van der Waals surface area contributed by atoms with E-state index in [0.717, 1.165) is 23.5 Å². The van der Waals surface area contributed by atoms with Gasteiger partial charge in [-0.2, -0.15) is 0 Å². The van der Waals surface area contributed by atoms with Crippen molar-refractivity contribution in [3.05, 3.63) is 45.9 Å². The van der Waals surface area contributed by atoms with Crippen molar-refractivity contribution in [2.45, 2.75) is 32.7 Å². The quantitative estimate of drug-likeness (QED) is 0.332. The maximum absolute atomic E-state index is 12.5. The summed E-state index contributed by atoms with van der Waals surface area (Å²) in [5.41, 5.74) is 1.40. The molecule has 0 spiro atoms. The van der Waals surface area contributed by atoms with Crippen LogP contribution in [0.4, 0.5) is 13.2 Å². The third kappa shape index (κ3) is 8.33. The summed E-state index contributed by atoms with van der Waals surface area (Å²) in [7, 11) is 1.60. The predicted octanol–water partition coefficient (Wildman–Crippen LogP) is 4.13. The second-order valence-corrected chi connectivity index (χ2v) is 6.29. The van der Waals surface area contributed by atoms with Gasteiger partial charge in [0.2, 0.25) is 0 Å². The van der Waals surface area contributed by atoms with Gasteiger partial charge in [0.25, 0.3) is 0 Å². The highest BCUT2D eigenvalue weighted by atomic mass is 127. The number of hydrogen-bond donors (Lipinski definition) is 2. The number of aliphatic imine (C=N–C) groups is 1. The van der Waals surface area contributed by atoms with E-state index in [-0.39, 0.29) is 36.3 Å². The molecule has 0 saturated heterocycles. The Morgan fingerprint density at radius 3 is 2.63 bits per heavy atom. The van der Waals surface area contributed by atoms with E-state index in [1.165, 1.54) is 12.1 Å². The summed E-state index contributed by atoms with van der Waals surface area (Å²) in [5, 5.41) is 9.24. The number of ether oxygens (including phenoxy) is 1. The molecule has 1 aromatic carbocycles. The number of hydrogen-bond acceptors (Lipinski definition) is 4. The molecule has 2 N–H and O–H groups in total. The van der Waals surface area contributed by atoms with E-state index in [1.54, 1.807) is 30.5 Å². The van der Waals surface area contributed by atoms with Gasteiger partial charge in [0, 0.05) is 37.5 Å². The zero-order chi connectivity index (χ0) is 19.0. The zero-order valence-electron chi connectivity index (χ0n) is 15.0. The van der Waals surface area contributed by atoms with Crippen LogP contribution >= 0.6 is 35.3 Å². The maximum Gasteiger partial charge on any atom is 0.573 e. The number of nitrogens with one attached hydrogen (secondary N) is 2. The van der Waals surface area contributed by atoms with Crippen molar-refractivity contribution in [3.63, 3.8) is 0 Å². The van der Waals surface area contributed by atoms with E-state index >= 15 is 0 Å². The molecule has 10 heteroatoms. The molecule has 0 aliphatic heterocycles. The second-order valence-electron chi connectivity index (χ2n) is 5.34. The van der Waals surface area contributed by atoms with E-state index in [2.05, 4.69) is 32.3 Å². The normalized spacial score (nSPS) is 11.7. The molecule has 0 aliphatic rings. The number of thiazole rings is 1. The van der Waals surface area contributed by atoms with Crippen LogP contribution in [0.2, 0.25) is 0 Å². The third-order valence-corrected chi connectivity index (χ3v) is 4.49. The first-order chi connectivity index (χ1) is 12.4. The monoisotopic (exact) mass is 514 g/mol. The minimum absolute atomic E-state index is 0. The Morgan fingerprint density at radius 1 is 1.26 bits per heavy atom. The van der Waals surface area contributed by atoms with Crippen LogP contribution in [0.3, 0.4) is 0 Å². The van der Waals surface area contributed by atoms with Gasteiger partial charge in [-0.05, 0) is 12.5 Å². The lowest BCUT2D eigenvalue weighted by atomic mass is 10.2. The van der Waals surface area contributed by atoms with Gasteiger partial charge in [-0.3, -0.25) is 4.99 Å². The number of aryl methyl sites for hydroxylation is 1. The first-order valence-electron chi connectivity index (χ1n) is 8.12. The Labute approximate surface area is 177 Å². The van der Waals surface area contributed by atoms with Gasteiger partial charge in [0.05, 0.1) is 10.7 Å². The number of para-hydroxylation sites is 1. The molecule has 0 radical (unpaired) electrons. The van der Waals surface area contributed by atoms with Gasteiger partial charge in [0.15, 0.2) is 5.96 Å². The number of rotatable bonds is 7. The Morgan fingerprint density at radius 2 is 2.00 bits per heavy atom. The van der Waals surface area contributed by atoms with E-state index in [9.17, 15) is 13.2 Å². The first-order valence-corrected chi connectivity index (χ1v) is 9.00. The summed E-state index contributed by atoms with van der Waals surface area (Å²) < 4.78 is 41.4. The smallest absolute Gasteiger partial charge is 0.405 e. The van der Waals surface area contributed by atoms with E-state index in [4.69, 9.17) is 0 Å². The predicted molar refractivity (Wildman–Crippen MR) is 112 cm³/mol. The summed E-state index contributed by atoms with van der Waals surface area (Å²) in [5.74, 6) is 0.273. The molecule has 0 aliphatic carbocycles. The second kappa shape index (κ2) is 11.3. The fraction of sp³-hybridized carbons (Fsp3) is 0.412. The van der Waals surface area contributed by atoms with Gasteiger partial charge >= 0.3 is 6.36 Å². The minimum Gasteiger partial charge on any atom is -0.405 e. The molecule has 2 aromatic rings. The number of nitrogens with zero attached hydrogens (tertiary/aromatic N) is 2. The molecule has 0 fully saturated rings. The van der Waals surface area contributed by atoms with Crippen LogP contribution in [0, 0.1) is 0 Å². The lowest BCUT2D eigenvalue weighted by Crippen LogP contribution is -2.38. The zero-order valence-corrected chi connectivity index (χ0v) is 18.1. The summed E-state index contributed by atoms with van der Waals surface area (Å²) in [4.78, 5) is 8.56. The van der Waals surface area contributed by atoms with Crippen LogP contribution in [0.15, 0.2) is 34.6 Å². The van der Waals surface area contributed by atoms with Gasteiger partial charge in [0.1, 0.15) is 5.75 Å². The molecule has 1 aromatic heterocycles. The van der Waals surface area contributed by atoms with E-state index in [0.29, 0.717) is 18.1 Å². The molecule has 0 atom stereocenters. The molecule has 0 unspecified atom stereocenters. The number of aromatic nitrogens is 1. The number of guanidine groups is 1. The SMILES string of the molecule is CCc1nc(CCNC(=NC)NCc2ccccc2OC(F)(F)F)cs1.I. The average Bonchev–Trinajstić information content (AvgIpc) is 3.05. The molecular weight excluding hydrogens is 492 g/mol. The number of alkyl halides is 3. The van der Waals surface area contributed by atoms with Crippen LogP contribution < -0.4 is 15.4 Å². The third-order valence-electron chi connectivity index (χ3n) is 3.44. The van der Waals surface area contributed by atoms with E-state index < -0.39 is 6.36 Å². The number of halogens is 4. The van der Waals surface area contributed by atoms with Crippen molar-refractivity contribution in [2.24, 2.45) is 4.99 Å². The van der Waals surface area contributed by atoms with Crippen molar-refractivity contribution < 1.29 is 17.9 Å². The van der Waals surface area contributed by atoms with Crippen LogP contribution in [-0.2, 0) is 19.4 Å². The van der Waals surface area contributed by atoms with Crippen molar-refractivity contribution in [1.82, 2.24) is 15.6 Å². The summed E-state index contributed by atoms with van der Waals surface area (Å²) >= 11 is 1.64. The summed E-state index contributed by atoms with van der Waals surface area (Å²) in [6.07, 6.45) is -3.06. The molecule has 5 nitrogen and oxygen atoms in total. The Balaban J connectivity index is 0.00000364. The standard InChI is InChI=1S/C17H21F3N4OS.HI/c1-3-15-24-13(11-26-15)8-9-22-16(21-2)23-10-12-6-4-5-7-14(12)25-17(18,19)20;/h4-7,11H,3,8-10H2,1-2H3,(H2,21,22,23);1H. The van der Waals surface area contributed by atoms with Crippen LogP contribution in [0.25, 0.3) is 0 Å². The average molecular weight is 514 g/mol. The van der Waals surface area contributed by atoms with Crippen molar-refractivity contribution in [2.75, 3.05) is 13.6 Å². The lowest BCUT2D eigenvalue weighted by molar-refractivity contribution is -0.274. The van der Waals surface area contributed by atoms with Crippen molar-refractivity contribution in [1.29, 1.82) is 0 Å². The van der Waals surface area contributed by atoms with Gasteiger partial charge in [-0.1, -0.05) is 25.1 Å². The van der Waals surface area contributed by atoms with E-state index in [1.807, 2.05) is 5.38 Å². The Hall–Kier alpha value is -1.56. The fourth-order valence-electron chi connectivity index (χ4n) is 2.21. The van der Waals surface area contributed by atoms with Crippen molar-refractivity contribution >= 4 is 41.3 Å². The fourth-order valence-corrected chi connectivity index (χ4v) is 2.99. The van der Waals surface area contributed by atoms with Gasteiger partial charge in [-0.25, -0.2) is 4.98 Å². The summed E-state index contributed by atoms with van der Waals surface area (Å²) in [6.45, 7) is 2.84. The Kier molecular flexibility index (Phi) is 9.84. The molecule has 27 heavy (non-hydrogen) atoms. The summed E-state index contributed by atoms with van der Waals surface area (Å²) in [6, 6.07) is 6.01. The van der Waals surface area contributed by atoms with Gasteiger partial charge in [-0.15, -0.1) is 48.5 Å². The highest BCUT2D eigenvalue weighted by molar-refractivity contribution is 14.0. The molecular formula is C17H22F3IN4OS. The topological polar surface area (TPSA) is 58.5 Å². The van der Waals surface area contributed by atoms with Crippen molar-refractivity contribution in [3.8, 4) is 5.75 Å². The molecule has 0 bridgehead atoms. The minimum atomic E-state index is -4.72. The molecule has 0 amide bonds. The first kappa shape index (κ1) is 23.5. The largest absolute Gasteiger partial charge is 0.573 e. The molecule has 2 rings (SSSR count). The molecule has 1 heterocycles. The van der Waals surface area contributed by atoms with Crippen LogP contribution in [0.1, 0.15) is 23.2 Å². The molecule has 150 valence electrons. The van der Waals surface area contributed by atoms with Gasteiger partial charge < -0.3 is 15.4 Å². The lowest BCUT2D eigenvalue weighted by Gasteiger charge is -2.15. The highest BCUT2D eigenvalue weighted by Crippen LogP contribution is 2.26. The maximum atomic E-state index is 12.5.